The lowest BCUT2D eigenvalue weighted by atomic mass is 9.80. The number of aromatic amines is 1. The number of aromatic nitrogens is 2. The summed E-state index contributed by atoms with van der Waals surface area (Å²) in [5.74, 6) is -0.0427. The lowest BCUT2D eigenvalue weighted by Crippen LogP contribution is -2.24. The highest BCUT2D eigenvalue weighted by Crippen LogP contribution is 2.46. The number of rotatable bonds is 4. The van der Waals surface area contributed by atoms with E-state index in [4.69, 9.17) is 27.9 Å². The highest BCUT2D eigenvalue weighted by atomic mass is 35.5. The molecule has 0 saturated carbocycles. The van der Waals surface area contributed by atoms with Gasteiger partial charge in [-0.2, -0.15) is 5.10 Å². The van der Waals surface area contributed by atoms with E-state index >= 15 is 0 Å². The van der Waals surface area contributed by atoms with Crippen molar-refractivity contribution in [2.45, 2.75) is 19.8 Å². The summed E-state index contributed by atoms with van der Waals surface area (Å²) >= 11 is 12.4. The number of nitrogens with zero attached hydrogens (tertiary/aromatic N) is 1. The predicted molar refractivity (Wildman–Crippen MR) is 115 cm³/mol. The third-order valence-electron chi connectivity index (χ3n) is 4.92. The Balaban J connectivity index is 1.95. The smallest absolute Gasteiger partial charge is 0.336 e. The molecule has 1 unspecified atom stereocenters. The molecule has 2 N–H and O–H groups in total. The third-order valence-corrected chi connectivity index (χ3v) is 5.66. The first-order valence-electron chi connectivity index (χ1n) is 9.24. The van der Waals surface area contributed by atoms with Gasteiger partial charge in [0.05, 0.1) is 27.9 Å². The van der Waals surface area contributed by atoms with Gasteiger partial charge in [-0.1, -0.05) is 59.6 Å². The molecule has 7 heteroatoms. The summed E-state index contributed by atoms with van der Waals surface area (Å²) in [5, 5.41) is 11.7. The van der Waals surface area contributed by atoms with Crippen molar-refractivity contribution < 1.29 is 9.53 Å². The second-order valence-corrected chi connectivity index (χ2v) is 7.53. The molecule has 148 valence electrons. The summed E-state index contributed by atoms with van der Waals surface area (Å²) in [6, 6.07) is 15.2. The Morgan fingerprint density at radius 1 is 1.14 bits per heavy atom. The van der Waals surface area contributed by atoms with Gasteiger partial charge in [-0.25, -0.2) is 4.79 Å². The van der Waals surface area contributed by atoms with Crippen LogP contribution < -0.4 is 5.32 Å². The molecule has 5 nitrogen and oxygen atoms in total. The van der Waals surface area contributed by atoms with Crippen LogP contribution in [0, 0.1) is 0 Å². The molecule has 0 aliphatic carbocycles. The Morgan fingerprint density at radius 2 is 1.90 bits per heavy atom. The molecular formula is C22H19Cl2N3O2. The monoisotopic (exact) mass is 427 g/mol. The summed E-state index contributed by atoms with van der Waals surface area (Å²) in [6.45, 7) is 3.92. The molecule has 0 saturated heterocycles. The number of carbonyl (C=O) groups is 1. The van der Waals surface area contributed by atoms with Gasteiger partial charge < -0.3 is 10.1 Å². The Labute approximate surface area is 178 Å². The van der Waals surface area contributed by atoms with Crippen molar-refractivity contribution in [2.75, 3.05) is 11.9 Å². The molecule has 3 aromatic rings. The van der Waals surface area contributed by atoms with Crippen LogP contribution in [0.1, 0.15) is 30.9 Å². The average Bonchev–Trinajstić information content (AvgIpc) is 3.13. The van der Waals surface area contributed by atoms with Gasteiger partial charge in [0, 0.05) is 22.7 Å². The fourth-order valence-corrected chi connectivity index (χ4v) is 3.97. The van der Waals surface area contributed by atoms with Crippen LogP contribution in [0.25, 0.3) is 11.3 Å². The van der Waals surface area contributed by atoms with Crippen LogP contribution in [0.2, 0.25) is 10.0 Å². The largest absolute Gasteiger partial charge is 0.463 e. The highest BCUT2D eigenvalue weighted by Gasteiger charge is 2.37. The quantitative estimate of drug-likeness (QED) is 0.517. The SMILES string of the molecule is CCOC(=O)C1=C(C)Nc2[nH]nc(-c3ccccc3)c2C1c1ccc(Cl)c(Cl)c1. The first kappa shape index (κ1) is 19.6. The number of hydrogen-bond acceptors (Lipinski definition) is 4. The maximum Gasteiger partial charge on any atom is 0.336 e. The number of esters is 1. The number of nitrogens with one attached hydrogen (secondary N) is 2. The van der Waals surface area contributed by atoms with Gasteiger partial charge in [0.2, 0.25) is 0 Å². The van der Waals surface area contributed by atoms with Crippen molar-refractivity contribution in [3.8, 4) is 11.3 Å². The molecule has 1 aliphatic rings. The van der Waals surface area contributed by atoms with Crippen molar-refractivity contribution in [1.29, 1.82) is 0 Å². The van der Waals surface area contributed by atoms with E-state index in [1.165, 1.54) is 0 Å². The Bertz CT molecular complexity index is 1110. The number of carbonyl (C=O) groups excluding carboxylic acids is 1. The second kappa shape index (κ2) is 7.93. The van der Waals surface area contributed by atoms with Crippen molar-refractivity contribution in [3.63, 3.8) is 0 Å². The van der Waals surface area contributed by atoms with E-state index in [0.717, 1.165) is 28.2 Å². The zero-order valence-corrected chi connectivity index (χ0v) is 17.4. The first-order chi connectivity index (χ1) is 14.0. The molecule has 4 rings (SSSR count). The maximum absolute atomic E-state index is 12.9. The number of hydrogen-bond donors (Lipinski definition) is 2. The van der Waals surface area contributed by atoms with Crippen LogP contribution >= 0.6 is 23.2 Å². The van der Waals surface area contributed by atoms with Gasteiger partial charge in [-0.05, 0) is 31.5 Å². The van der Waals surface area contributed by atoms with Gasteiger partial charge in [0.1, 0.15) is 5.82 Å². The van der Waals surface area contributed by atoms with Crippen LogP contribution in [-0.2, 0) is 9.53 Å². The molecule has 0 fully saturated rings. The summed E-state index contributed by atoms with van der Waals surface area (Å²) in [7, 11) is 0. The van der Waals surface area contributed by atoms with Crippen LogP contribution in [-0.4, -0.2) is 22.8 Å². The lowest BCUT2D eigenvalue weighted by Gasteiger charge is -2.28. The predicted octanol–water partition coefficient (Wildman–Crippen LogP) is 5.78. The summed E-state index contributed by atoms with van der Waals surface area (Å²) in [4.78, 5) is 12.9. The number of halogens is 2. The molecular weight excluding hydrogens is 409 g/mol. The number of ether oxygens (including phenoxy) is 1. The van der Waals surface area contributed by atoms with Crippen molar-refractivity contribution >= 4 is 35.0 Å². The number of H-pyrrole nitrogens is 1. The molecule has 0 bridgehead atoms. The van der Waals surface area contributed by atoms with Gasteiger partial charge in [-0.3, -0.25) is 5.10 Å². The van der Waals surface area contributed by atoms with E-state index in [0.29, 0.717) is 21.3 Å². The topological polar surface area (TPSA) is 67.0 Å². The van der Waals surface area contributed by atoms with Crippen LogP contribution in [0.15, 0.2) is 59.8 Å². The molecule has 2 heterocycles. The number of anilines is 1. The summed E-state index contributed by atoms with van der Waals surface area (Å²) < 4.78 is 5.37. The van der Waals surface area contributed by atoms with E-state index < -0.39 is 5.92 Å². The van der Waals surface area contributed by atoms with Gasteiger partial charge in [0.15, 0.2) is 0 Å². The van der Waals surface area contributed by atoms with Crippen molar-refractivity contribution in [2.24, 2.45) is 0 Å². The second-order valence-electron chi connectivity index (χ2n) is 6.72. The van der Waals surface area contributed by atoms with E-state index in [1.54, 1.807) is 19.1 Å². The maximum atomic E-state index is 12.9. The van der Waals surface area contributed by atoms with E-state index in [9.17, 15) is 4.79 Å². The molecule has 0 amide bonds. The highest BCUT2D eigenvalue weighted by molar-refractivity contribution is 6.42. The van der Waals surface area contributed by atoms with Gasteiger partial charge in [0.25, 0.3) is 0 Å². The first-order valence-corrected chi connectivity index (χ1v) is 10.00. The van der Waals surface area contributed by atoms with E-state index in [1.807, 2.05) is 43.3 Å². The van der Waals surface area contributed by atoms with Crippen LogP contribution in [0.5, 0.6) is 0 Å². The van der Waals surface area contributed by atoms with E-state index in [-0.39, 0.29) is 12.6 Å². The van der Waals surface area contributed by atoms with Crippen LogP contribution in [0.4, 0.5) is 5.82 Å². The normalized spacial score (nSPS) is 15.7. The van der Waals surface area contributed by atoms with Crippen molar-refractivity contribution in [1.82, 2.24) is 10.2 Å². The fourth-order valence-electron chi connectivity index (χ4n) is 3.66. The minimum Gasteiger partial charge on any atom is -0.463 e. The van der Waals surface area contributed by atoms with E-state index in [2.05, 4.69) is 15.5 Å². The number of allylic oxidation sites excluding steroid dienone is 1. The third kappa shape index (κ3) is 3.52. The molecule has 2 aromatic carbocycles. The minimum atomic E-state index is -0.408. The average molecular weight is 428 g/mol. The Morgan fingerprint density at radius 3 is 2.59 bits per heavy atom. The van der Waals surface area contributed by atoms with Crippen molar-refractivity contribution in [3.05, 3.63) is 81.0 Å². The zero-order chi connectivity index (χ0) is 20.5. The fraction of sp³-hybridized carbons (Fsp3) is 0.182. The molecule has 1 aliphatic heterocycles. The van der Waals surface area contributed by atoms with Gasteiger partial charge in [-0.15, -0.1) is 0 Å². The Hall–Kier alpha value is -2.76. The molecule has 1 aromatic heterocycles. The number of benzene rings is 2. The number of fused-ring (bicyclic) bond motifs is 1. The standard InChI is InChI=1S/C22H19Cl2N3O2/c1-3-29-22(28)17-12(2)25-21-19(18(17)14-9-10-15(23)16(24)11-14)20(26-27-21)13-7-5-4-6-8-13/h4-11,18H,3H2,1-2H3,(H2,25,26,27). The molecule has 0 radical (unpaired) electrons. The van der Waals surface area contributed by atoms with Crippen LogP contribution in [0.3, 0.4) is 0 Å². The van der Waals surface area contributed by atoms with Gasteiger partial charge >= 0.3 is 5.97 Å². The lowest BCUT2D eigenvalue weighted by molar-refractivity contribution is -0.138. The summed E-state index contributed by atoms with van der Waals surface area (Å²) in [5.41, 5.74) is 4.64. The molecule has 29 heavy (non-hydrogen) atoms. The minimum absolute atomic E-state index is 0.285. The molecule has 1 atom stereocenters. The Kier molecular flexibility index (Phi) is 5.35. The summed E-state index contributed by atoms with van der Waals surface area (Å²) in [6.07, 6.45) is 0. The molecule has 0 spiro atoms. The zero-order valence-electron chi connectivity index (χ0n) is 15.9.